The molecule has 3 aliphatic rings. The predicted octanol–water partition coefficient (Wildman–Crippen LogP) is 4.42. The summed E-state index contributed by atoms with van der Waals surface area (Å²) < 4.78 is 31.6. The fraction of sp³-hybridized carbons (Fsp3) is 0.366. The van der Waals surface area contributed by atoms with Gasteiger partial charge in [0.05, 0.1) is 25.3 Å². The molecule has 0 saturated carbocycles. The molecule has 4 bridgehead atoms. The molecule has 4 N–H and O–H groups in total. The Morgan fingerprint density at radius 2 is 1.61 bits per heavy atom. The Kier molecular flexibility index (Phi) is 13.4. The number of hydrogen-bond donors (Lipinski definition) is 4. The Balaban J connectivity index is 1.44. The van der Waals surface area contributed by atoms with Gasteiger partial charge in [-0.15, -0.1) is 0 Å². The summed E-state index contributed by atoms with van der Waals surface area (Å²) in [5, 5.41) is 11.4. The van der Waals surface area contributed by atoms with Gasteiger partial charge in [0.1, 0.15) is 17.9 Å². The molecule has 2 atom stereocenters. The summed E-state index contributed by atoms with van der Waals surface area (Å²) in [4.78, 5) is 72.8. The Hall–Kier alpha value is -6.25. The average Bonchev–Trinajstić information content (AvgIpc) is 3.17. The Morgan fingerprint density at radius 3 is 2.32 bits per heavy atom. The second kappa shape index (κ2) is 18.4. The maximum atomic E-state index is 14.4. The Morgan fingerprint density at radius 1 is 0.893 bits per heavy atom. The van der Waals surface area contributed by atoms with Crippen molar-refractivity contribution in [3.8, 4) is 23.0 Å². The number of amides is 5. The number of halogens is 1. The summed E-state index contributed by atoms with van der Waals surface area (Å²) in [6.07, 6.45) is 0.167. The number of rotatable bonds is 4. The van der Waals surface area contributed by atoms with Gasteiger partial charge in [-0.1, -0.05) is 19.9 Å². The number of carbonyl (C=O) groups is 5. The molecule has 14 nitrogen and oxygen atoms in total. The summed E-state index contributed by atoms with van der Waals surface area (Å²) in [5.41, 5.74) is 2.20. The topological polar surface area (TPSA) is 177 Å². The van der Waals surface area contributed by atoms with Gasteiger partial charge in [0.15, 0.2) is 23.0 Å². The van der Waals surface area contributed by atoms with Crippen molar-refractivity contribution in [2.45, 2.75) is 59.2 Å². The van der Waals surface area contributed by atoms with E-state index in [0.717, 1.165) is 0 Å². The van der Waals surface area contributed by atoms with Gasteiger partial charge in [0.25, 0.3) is 11.8 Å². The second-order valence-corrected chi connectivity index (χ2v) is 13.8. The van der Waals surface area contributed by atoms with Gasteiger partial charge >= 0.3 is 0 Å². The van der Waals surface area contributed by atoms with Crippen molar-refractivity contribution in [2.24, 2.45) is 5.92 Å². The first kappa shape index (κ1) is 40.9. The van der Waals surface area contributed by atoms with Gasteiger partial charge in [0, 0.05) is 49.2 Å². The maximum Gasteiger partial charge on any atom is 0.254 e. The van der Waals surface area contributed by atoms with Crippen molar-refractivity contribution >= 4 is 40.4 Å². The first-order valence-corrected chi connectivity index (χ1v) is 18.3. The minimum atomic E-state index is -0.964. The minimum Gasteiger partial charge on any atom is -0.493 e. The molecule has 3 aliphatic heterocycles. The number of aromatic nitrogens is 1. The van der Waals surface area contributed by atoms with Crippen LogP contribution in [0.25, 0.3) is 10.9 Å². The fourth-order valence-corrected chi connectivity index (χ4v) is 6.24. The number of carbonyl (C=O) groups excluding carboxylic acids is 5. The van der Waals surface area contributed by atoms with E-state index in [1.54, 1.807) is 57.2 Å². The summed E-state index contributed by atoms with van der Waals surface area (Å²) in [5.74, 6) is -1.76. The largest absolute Gasteiger partial charge is 0.493 e. The molecule has 0 aliphatic carbocycles. The molecular weight excluding hydrogens is 723 g/mol. The molecule has 4 aromatic rings. The van der Waals surface area contributed by atoms with Crippen LogP contribution in [0.3, 0.4) is 0 Å². The molecule has 296 valence electrons. The Labute approximate surface area is 324 Å². The van der Waals surface area contributed by atoms with Gasteiger partial charge in [-0.2, -0.15) is 0 Å². The number of aryl methyl sites for hydroxylation is 1. The molecular formula is C41H47FN6O8. The van der Waals surface area contributed by atoms with E-state index in [-0.39, 0.29) is 61.8 Å². The van der Waals surface area contributed by atoms with Crippen LogP contribution in [0.1, 0.15) is 65.6 Å². The van der Waals surface area contributed by atoms with E-state index in [1.807, 2.05) is 0 Å². The average molecular weight is 771 g/mol. The van der Waals surface area contributed by atoms with Crippen LogP contribution in [0.4, 0.5) is 4.39 Å². The Bertz CT molecular complexity index is 2130. The molecule has 4 heterocycles. The number of nitrogens with zero attached hydrogens (tertiary/aromatic N) is 2. The van der Waals surface area contributed by atoms with E-state index in [0.29, 0.717) is 39.4 Å². The van der Waals surface area contributed by atoms with E-state index in [1.165, 1.54) is 50.3 Å². The lowest BCUT2D eigenvalue weighted by Gasteiger charge is -2.25. The highest BCUT2D eigenvalue weighted by molar-refractivity contribution is 6.06. The molecule has 56 heavy (non-hydrogen) atoms. The van der Waals surface area contributed by atoms with E-state index in [4.69, 9.17) is 14.2 Å². The van der Waals surface area contributed by atoms with Crippen LogP contribution in [0.5, 0.6) is 23.0 Å². The summed E-state index contributed by atoms with van der Waals surface area (Å²) in [6.45, 7) is 7.16. The SMILES string of the molecule is COc1cc2ccc1Oc1ccc(cc1OC)C(=O)NCCN(C(=O)c1cc(C)nc3ccc(F)cc13)CCCC(=O)N[C@H](C)C(=O)N[C@@H](C(C)C)C(=O)NC2. The van der Waals surface area contributed by atoms with Crippen LogP contribution in [-0.4, -0.2) is 85.4 Å². The van der Waals surface area contributed by atoms with Gasteiger partial charge in [0.2, 0.25) is 17.7 Å². The number of nitrogens with one attached hydrogen (secondary N) is 4. The summed E-state index contributed by atoms with van der Waals surface area (Å²) >= 11 is 0. The number of hydrogen-bond acceptors (Lipinski definition) is 9. The maximum absolute atomic E-state index is 14.4. The van der Waals surface area contributed by atoms with Crippen molar-refractivity contribution in [2.75, 3.05) is 33.9 Å². The van der Waals surface area contributed by atoms with E-state index in [9.17, 15) is 28.4 Å². The number of fused-ring (bicyclic) bond motifs is 3. The van der Waals surface area contributed by atoms with Gasteiger partial charge in [-0.3, -0.25) is 29.0 Å². The fourth-order valence-electron chi connectivity index (χ4n) is 6.24. The highest BCUT2D eigenvalue weighted by Crippen LogP contribution is 2.37. The van der Waals surface area contributed by atoms with Crippen molar-refractivity contribution in [1.29, 1.82) is 0 Å². The van der Waals surface area contributed by atoms with E-state index in [2.05, 4.69) is 26.3 Å². The molecule has 15 heteroatoms. The van der Waals surface area contributed by atoms with E-state index < -0.39 is 47.4 Å². The molecule has 7 rings (SSSR count). The molecule has 5 amide bonds. The molecule has 0 radical (unpaired) electrons. The monoisotopic (exact) mass is 770 g/mol. The highest BCUT2D eigenvalue weighted by atomic mass is 19.1. The lowest BCUT2D eigenvalue weighted by atomic mass is 10.0. The van der Waals surface area contributed by atoms with Crippen LogP contribution in [0, 0.1) is 18.7 Å². The van der Waals surface area contributed by atoms with Crippen molar-refractivity contribution in [3.05, 3.63) is 88.9 Å². The lowest BCUT2D eigenvalue weighted by molar-refractivity contribution is -0.132. The van der Waals surface area contributed by atoms with E-state index >= 15 is 0 Å². The molecule has 0 fully saturated rings. The second-order valence-electron chi connectivity index (χ2n) is 13.8. The third-order valence-electron chi connectivity index (χ3n) is 9.27. The van der Waals surface area contributed by atoms with Crippen LogP contribution in [0.2, 0.25) is 0 Å². The first-order chi connectivity index (χ1) is 26.8. The highest BCUT2D eigenvalue weighted by Gasteiger charge is 2.27. The normalized spacial score (nSPS) is 17.8. The summed E-state index contributed by atoms with van der Waals surface area (Å²) in [7, 11) is 2.92. The molecule has 3 aromatic carbocycles. The standard InChI is InChI=1S/C41H47FN6O8/c1-23(2)37-40(52)44-22-26-9-13-32(34(19-26)54-5)56-33-14-10-27(20-35(33)55-6)39(51)43-15-17-48(16-7-8-36(49)46-25(4)38(50)47-37)41(53)30-18-24(3)45-31-12-11-28(42)21-29(30)31/h9-14,18-21,23,25,37H,7-8,15-17,22H2,1-6H3,(H,43,51)(H,44,52)(H,46,49)(H,47,50)/t25-,37+/m1/s1. The number of ether oxygens (including phenoxy) is 3. The van der Waals surface area contributed by atoms with Gasteiger partial charge < -0.3 is 40.4 Å². The van der Waals surface area contributed by atoms with Crippen LogP contribution in [-0.2, 0) is 20.9 Å². The quantitative estimate of drug-likeness (QED) is 0.234. The van der Waals surface area contributed by atoms with Crippen molar-refractivity contribution in [1.82, 2.24) is 31.2 Å². The third-order valence-corrected chi connectivity index (χ3v) is 9.27. The molecule has 1 aromatic heterocycles. The molecule has 0 unspecified atom stereocenters. The van der Waals surface area contributed by atoms with Crippen LogP contribution in [0.15, 0.2) is 60.7 Å². The van der Waals surface area contributed by atoms with Gasteiger partial charge in [-0.25, -0.2) is 4.39 Å². The smallest absolute Gasteiger partial charge is 0.254 e. The zero-order valence-electron chi connectivity index (χ0n) is 32.3. The minimum absolute atomic E-state index is 0.0386. The zero-order chi connectivity index (χ0) is 40.5. The molecule has 0 spiro atoms. The number of pyridine rings is 1. The lowest BCUT2D eigenvalue weighted by Crippen LogP contribution is -2.54. The first-order valence-electron chi connectivity index (χ1n) is 18.3. The zero-order valence-corrected chi connectivity index (χ0v) is 32.3. The number of benzene rings is 3. The summed E-state index contributed by atoms with van der Waals surface area (Å²) in [6, 6.07) is 13.6. The van der Waals surface area contributed by atoms with Crippen LogP contribution < -0.4 is 35.5 Å². The third kappa shape index (κ3) is 10.1. The number of methoxy groups -OCH3 is 2. The van der Waals surface area contributed by atoms with Crippen molar-refractivity contribution in [3.63, 3.8) is 0 Å². The van der Waals surface area contributed by atoms with Crippen LogP contribution >= 0.6 is 0 Å². The molecule has 0 saturated heterocycles. The predicted molar refractivity (Wildman–Crippen MR) is 206 cm³/mol. The van der Waals surface area contributed by atoms with Gasteiger partial charge in [-0.05, 0) is 86.3 Å². The van der Waals surface area contributed by atoms with Crippen molar-refractivity contribution < 1.29 is 42.6 Å².